The predicted molar refractivity (Wildman–Crippen MR) is 131 cm³/mol. The maximum absolute atomic E-state index is 12.8. The molecule has 3 amide bonds. The predicted octanol–water partition coefficient (Wildman–Crippen LogP) is -0.913. The largest absolute Gasteiger partial charge is 0.480 e. The number of nitrogens with one attached hydrogen (secondary N) is 3. The maximum atomic E-state index is 12.8. The van der Waals surface area contributed by atoms with Gasteiger partial charge in [0.1, 0.15) is 18.1 Å². The van der Waals surface area contributed by atoms with Gasteiger partial charge in [-0.1, -0.05) is 20.3 Å². The van der Waals surface area contributed by atoms with Crippen LogP contribution in [0.4, 0.5) is 0 Å². The van der Waals surface area contributed by atoms with E-state index in [1.54, 1.807) is 0 Å². The van der Waals surface area contributed by atoms with Crippen molar-refractivity contribution in [2.45, 2.75) is 83.0 Å². The topological polar surface area (TPSA) is 203 Å². The van der Waals surface area contributed by atoms with Gasteiger partial charge in [-0.25, -0.2) is 4.79 Å². The number of carboxylic acid groups (broad SMARTS) is 1. The molecule has 0 aliphatic carbocycles. The second kappa shape index (κ2) is 17.6. The second-order valence-corrected chi connectivity index (χ2v) is 8.87. The quantitative estimate of drug-likeness (QED) is 0.0890. The van der Waals surface area contributed by atoms with Crippen LogP contribution in [0, 0.1) is 5.92 Å². The third-order valence-electron chi connectivity index (χ3n) is 5.02. The van der Waals surface area contributed by atoms with Gasteiger partial charge >= 0.3 is 5.97 Å². The molecule has 0 aliphatic heterocycles. The molecule has 4 unspecified atom stereocenters. The van der Waals surface area contributed by atoms with Gasteiger partial charge in [-0.2, -0.15) is 12.6 Å². The highest BCUT2D eigenvalue weighted by Gasteiger charge is 2.30. The van der Waals surface area contributed by atoms with Gasteiger partial charge in [0, 0.05) is 5.75 Å². The van der Waals surface area contributed by atoms with E-state index in [9.17, 15) is 24.3 Å². The zero-order valence-corrected chi connectivity index (χ0v) is 20.6. The van der Waals surface area contributed by atoms with Gasteiger partial charge in [0.25, 0.3) is 0 Å². The molecule has 11 nitrogen and oxygen atoms in total. The molecule has 0 fully saturated rings. The number of carbonyl (C=O) groups excluding carboxylic acids is 3. The monoisotopic (exact) mass is 490 g/mol. The summed E-state index contributed by atoms with van der Waals surface area (Å²) in [4.78, 5) is 49.4. The van der Waals surface area contributed by atoms with Gasteiger partial charge in [-0.05, 0) is 57.5 Å². The van der Waals surface area contributed by atoms with Gasteiger partial charge in [0.05, 0.1) is 6.04 Å². The molecule has 0 spiro atoms. The van der Waals surface area contributed by atoms with Crippen LogP contribution in [0.3, 0.4) is 0 Å². The van der Waals surface area contributed by atoms with Gasteiger partial charge in [-0.15, -0.1) is 0 Å². The Kier molecular flexibility index (Phi) is 16.6. The summed E-state index contributed by atoms with van der Waals surface area (Å²) in [6.45, 7) is 4.69. The maximum Gasteiger partial charge on any atom is 0.326 e. The zero-order chi connectivity index (χ0) is 25.4. The number of aliphatic carboxylic acids is 1. The summed E-state index contributed by atoms with van der Waals surface area (Å²) < 4.78 is 0. The molecule has 0 heterocycles. The summed E-state index contributed by atoms with van der Waals surface area (Å²) in [5.41, 5.74) is 16.8. The second-order valence-electron chi connectivity index (χ2n) is 8.51. The van der Waals surface area contributed by atoms with Crippen molar-refractivity contribution < 1.29 is 24.3 Å². The molecule has 12 heteroatoms. The fourth-order valence-electron chi connectivity index (χ4n) is 3.11. The lowest BCUT2D eigenvalue weighted by Crippen LogP contribution is -2.57. The van der Waals surface area contributed by atoms with E-state index in [-0.39, 0.29) is 18.1 Å². The molecule has 0 saturated heterocycles. The van der Waals surface area contributed by atoms with Gasteiger partial charge in [0.2, 0.25) is 17.7 Å². The number of unbranched alkanes of at least 4 members (excludes halogenated alkanes) is 2. The molecule has 0 saturated carbocycles. The number of hydrogen-bond acceptors (Lipinski definition) is 8. The van der Waals surface area contributed by atoms with Crippen LogP contribution >= 0.6 is 12.6 Å². The van der Waals surface area contributed by atoms with Gasteiger partial charge in [0.15, 0.2) is 0 Å². The van der Waals surface area contributed by atoms with Crippen molar-refractivity contribution in [2.75, 3.05) is 18.8 Å². The summed E-state index contributed by atoms with van der Waals surface area (Å²) in [6, 6.07) is -3.83. The fraction of sp³-hybridized carbons (Fsp3) is 0.810. The number of hydrogen-bond donors (Lipinski definition) is 8. The standard InChI is InChI=1S/C21H42N6O5S/c1-13(2)11-16(19(29)25-15(21(31)32)8-4-6-10-23)26-20(30)17(12-33)27-18(28)14(24)7-3-5-9-22/h13-17,33H,3-12,22-24H2,1-2H3,(H,25,29)(H,26,30)(H,27,28)(H,31,32). The van der Waals surface area contributed by atoms with E-state index in [0.29, 0.717) is 45.2 Å². The van der Waals surface area contributed by atoms with Crippen molar-refractivity contribution in [3.8, 4) is 0 Å². The Morgan fingerprint density at radius 3 is 1.76 bits per heavy atom. The highest BCUT2D eigenvalue weighted by Crippen LogP contribution is 2.08. The molecule has 192 valence electrons. The van der Waals surface area contributed by atoms with Crippen LogP contribution < -0.4 is 33.2 Å². The van der Waals surface area contributed by atoms with Crippen LogP contribution in [-0.2, 0) is 19.2 Å². The molecular weight excluding hydrogens is 448 g/mol. The Labute approximate surface area is 201 Å². The van der Waals surface area contributed by atoms with Crippen LogP contribution in [-0.4, -0.2) is 71.8 Å². The van der Waals surface area contributed by atoms with E-state index in [1.807, 2.05) is 13.8 Å². The van der Waals surface area contributed by atoms with Gasteiger partial charge in [-0.3, -0.25) is 14.4 Å². The van der Waals surface area contributed by atoms with E-state index in [1.165, 1.54) is 0 Å². The minimum absolute atomic E-state index is 0.0000490. The minimum Gasteiger partial charge on any atom is -0.480 e. The highest BCUT2D eigenvalue weighted by molar-refractivity contribution is 7.80. The van der Waals surface area contributed by atoms with E-state index >= 15 is 0 Å². The summed E-state index contributed by atoms with van der Waals surface area (Å²) in [5, 5.41) is 17.1. The van der Waals surface area contributed by atoms with Crippen molar-refractivity contribution in [2.24, 2.45) is 23.1 Å². The van der Waals surface area contributed by atoms with Crippen LogP contribution in [0.1, 0.15) is 58.8 Å². The molecule has 0 aromatic heterocycles. The molecule has 0 aromatic carbocycles. The fourth-order valence-corrected chi connectivity index (χ4v) is 3.37. The van der Waals surface area contributed by atoms with Crippen molar-refractivity contribution in [3.63, 3.8) is 0 Å². The number of amides is 3. The normalized spacial score (nSPS) is 14.8. The minimum atomic E-state index is -1.15. The number of thiol groups is 1. The first-order valence-electron chi connectivity index (χ1n) is 11.5. The number of nitrogens with two attached hydrogens (primary N) is 3. The van der Waals surface area contributed by atoms with Crippen molar-refractivity contribution in [1.82, 2.24) is 16.0 Å². The van der Waals surface area contributed by atoms with E-state index < -0.39 is 47.9 Å². The van der Waals surface area contributed by atoms with E-state index in [0.717, 1.165) is 6.42 Å². The highest BCUT2D eigenvalue weighted by atomic mass is 32.1. The van der Waals surface area contributed by atoms with Crippen molar-refractivity contribution >= 4 is 36.3 Å². The first-order valence-corrected chi connectivity index (χ1v) is 12.1. The van der Waals surface area contributed by atoms with Crippen LogP contribution in [0.25, 0.3) is 0 Å². The Bertz CT molecular complexity index is 622. The Balaban J connectivity index is 5.13. The van der Waals surface area contributed by atoms with Crippen molar-refractivity contribution in [3.05, 3.63) is 0 Å². The lowest BCUT2D eigenvalue weighted by Gasteiger charge is -2.25. The summed E-state index contributed by atoms with van der Waals surface area (Å²) >= 11 is 4.14. The molecule has 0 aliphatic rings. The third kappa shape index (κ3) is 13.4. The molecular formula is C21H42N6O5S. The van der Waals surface area contributed by atoms with E-state index in [2.05, 4.69) is 28.6 Å². The number of rotatable bonds is 18. The van der Waals surface area contributed by atoms with E-state index in [4.69, 9.17) is 17.2 Å². The lowest BCUT2D eigenvalue weighted by molar-refractivity contribution is -0.142. The molecule has 0 bridgehead atoms. The Morgan fingerprint density at radius 2 is 1.27 bits per heavy atom. The van der Waals surface area contributed by atoms with Gasteiger partial charge < -0.3 is 38.3 Å². The smallest absolute Gasteiger partial charge is 0.326 e. The first kappa shape index (κ1) is 31.1. The molecule has 10 N–H and O–H groups in total. The Hall–Kier alpha value is -1.89. The summed E-state index contributed by atoms with van der Waals surface area (Å²) in [7, 11) is 0. The molecule has 4 atom stereocenters. The van der Waals surface area contributed by atoms with Crippen LogP contribution in [0.15, 0.2) is 0 Å². The number of carbonyl (C=O) groups is 4. The molecule has 0 rings (SSSR count). The zero-order valence-electron chi connectivity index (χ0n) is 19.7. The van der Waals surface area contributed by atoms with Crippen LogP contribution in [0.5, 0.6) is 0 Å². The van der Waals surface area contributed by atoms with Crippen LogP contribution in [0.2, 0.25) is 0 Å². The molecule has 33 heavy (non-hydrogen) atoms. The molecule has 0 radical (unpaired) electrons. The summed E-state index contributed by atoms with van der Waals surface area (Å²) in [6.07, 6.45) is 3.58. The third-order valence-corrected chi connectivity index (χ3v) is 5.39. The molecule has 0 aromatic rings. The average Bonchev–Trinajstić information content (AvgIpc) is 2.75. The van der Waals surface area contributed by atoms with Crippen molar-refractivity contribution in [1.29, 1.82) is 0 Å². The lowest BCUT2D eigenvalue weighted by atomic mass is 10.0. The average molecular weight is 491 g/mol. The SMILES string of the molecule is CC(C)CC(NC(=O)C(CS)NC(=O)C(N)CCCCN)C(=O)NC(CCCCN)C(=O)O. The Morgan fingerprint density at radius 1 is 0.788 bits per heavy atom. The number of carboxylic acids is 1. The summed E-state index contributed by atoms with van der Waals surface area (Å²) in [5.74, 6) is -2.79. The first-order chi connectivity index (χ1) is 15.6.